The van der Waals surface area contributed by atoms with Gasteiger partial charge in [-0.1, -0.05) is 13.3 Å². The van der Waals surface area contributed by atoms with Crippen LogP contribution in [0.4, 0.5) is 4.79 Å². The molecule has 0 saturated carbocycles. The smallest absolute Gasteiger partial charge is 0.351 e. The summed E-state index contributed by atoms with van der Waals surface area (Å²) in [5.74, 6) is -0.651. The van der Waals surface area contributed by atoms with E-state index in [0.717, 1.165) is 12.8 Å². The Kier molecular flexibility index (Phi) is 3.68. The van der Waals surface area contributed by atoms with Crippen molar-refractivity contribution >= 4 is 12.0 Å². The number of amides is 2. The van der Waals surface area contributed by atoms with Crippen molar-refractivity contribution in [2.45, 2.75) is 25.4 Å². The van der Waals surface area contributed by atoms with Gasteiger partial charge >= 0.3 is 12.0 Å². The summed E-state index contributed by atoms with van der Waals surface area (Å²) < 4.78 is 4.92. The van der Waals surface area contributed by atoms with Gasteiger partial charge in [-0.25, -0.2) is 9.59 Å². The third-order valence-corrected chi connectivity index (χ3v) is 1.95. The summed E-state index contributed by atoms with van der Waals surface area (Å²) in [4.78, 5) is 22.5. The van der Waals surface area contributed by atoms with Gasteiger partial charge in [0.2, 0.25) is 5.66 Å². The maximum absolute atomic E-state index is 11.5. The zero-order valence-corrected chi connectivity index (χ0v) is 8.58. The van der Waals surface area contributed by atoms with Gasteiger partial charge in [0.25, 0.3) is 0 Å². The first-order chi connectivity index (χ1) is 7.08. The first-order valence-corrected chi connectivity index (χ1v) is 4.81. The molecule has 15 heavy (non-hydrogen) atoms. The minimum absolute atomic E-state index is 0.311. The van der Waals surface area contributed by atoms with Gasteiger partial charge in [0.1, 0.15) is 0 Å². The summed E-state index contributed by atoms with van der Waals surface area (Å²) in [5, 5.41) is 4.63. The highest BCUT2D eigenvalue weighted by Gasteiger charge is 2.36. The van der Waals surface area contributed by atoms with Crippen LogP contribution in [-0.4, -0.2) is 24.3 Å². The molecular weight excluding hydrogens is 198 g/mol. The fourth-order valence-electron chi connectivity index (χ4n) is 1.06. The van der Waals surface area contributed by atoms with Crippen LogP contribution in [0.5, 0.6) is 0 Å². The van der Waals surface area contributed by atoms with Crippen molar-refractivity contribution in [1.29, 1.82) is 0 Å². The fourth-order valence-corrected chi connectivity index (χ4v) is 1.06. The van der Waals surface area contributed by atoms with Crippen LogP contribution < -0.4 is 16.4 Å². The van der Waals surface area contributed by atoms with Gasteiger partial charge in [0, 0.05) is 6.20 Å². The second kappa shape index (κ2) is 4.79. The number of unbranched alkanes of at least 4 members (excludes halogenated alkanes) is 1. The quantitative estimate of drug-likeness (QED) is 0.445. The Balaban J connectivity index is 2.53. The fraction of sp³-hybridized carbons (Fsp3) is 0.556. The molecule has 0 aliphatic carbocycles. The summed E-state index contributed by atoms with van der Waals surface area (Å²) >= 11 is 0. The molecule has 0 radical (unpaired) electrons. The molecule has 0 spiro atoms. The third kappa shape index (κ3) is 2.95. The van der Waals surface area contributed by atoms with Gasteiger partial charge in [0.05, 0.1) is 6.61 Å². The van der Waals surface area contributed by atoms with E-state index in [2.05, 4.69) is 10.6 Å². The Labute approximate surface area is 87.8 Å². The molecule has 0 bridgehead atoms. The average Bonchev–Trinajstić information content (AvgIpc) is 2.17. The zero-order valence-electron chi connectivity index (χ0n) is 8.58. The Hall–Kier alpha value is -1.56. The lowest BCUT2D eigenvalue weighted by molar-refractivity contribution is -0.149. The highest BCUT2D eigenvalue weighted by Crippen LogP contribution is 2.05. The molecule has 6 heteroatoms. The van der Waals surface area contributed by atoms with Crippen LogP contribution in [0, 0.1) is 0 Å². The lowest BCUT2D eigenvalue weighted by Crippen LogP contribution is -2.64. The van der Waals surface area contributed by atoms with E-state index in [4.69, 9.17) is 10.5 Å². The van der Waals surface area contributed by atoms with Gasteiger partial charge in [-0.15, -0.1) is 0 Å². The molecule has 1 atom stereocenters. The van der Waals surface area contributed by atoms with Crippen LogP contribution in [0.3, 0.4) is 0 Å². The molecule has 84 valence electrons. The van der Waals surface area contributed by atoms with E-state index in [-0.39, 0.29) is 0 Å². The van der Waals surface area contributed by atoms with Crippen molar-refractivity contribution in [2.75, 3.05) is 6.61 Å². The van der Waals surface area contributed by atoms with E-state index in [1.165, 1.54) is 12.3 Å². The topological polar surface area (TPSA) is 93.4 Å². The maximum Gasteiger partial charge on any atom is 0.351 e. The van der Waals surface area contributed by atoms with E-state index in [1.807, 2.05) is 6.92 Å². The van der Waals surface area contributed by atoms with Gasteiger partial charge in [-0.3, -0.25) is 5.73 Å². The third-order valence-electron chi connectivity index (χ3n) is 1.95. The zero-order chi connectivity index (χ0) is 11.3. The van der Waals surface area contributed by atoms with Gasteiger partial charge in [-0.2, -0.15) is 0 Å². The Morgan fingerprint density at radius 2 is 2.40 bits per heavy atom. The highest BCUT2D eigenvalue weighted by atomic mass is 16.5. The van der Waals surface area contributed by atoms with Gasteiger partial charge < -0.3 is 15.4 Å². The van der Waals surface area contributed by atoms with Gasteiger partial charge in [-0.05, 0) is 12.5 Å². The molecule has 0 aromatic carbocycles. The second-order valence-electron chi connectivity index (χ2n) is 3.29. The monoisotopic (exact) mass is 213 g/mol. The SMILES string of the molecule is CCCCOC(=O)C1(N)C=CNC(=O)N1. The maximum atomic E-state index is 11.5. The lowest BCUT2D eigenvalue weighted by Gasteiger charge is -2.27. The Morgan fingerprint density at radius 3 is 3.00 bits per heavy atom. The number of ether oxygens (including phenoxy) is 1. The number of carbonyl (C=O) groups excluding carboxylic acids is 2. The first-order valence-electron chi connectivity index (χ1n) is 4.81. The second-order valence-corrected chi connectivity index (χ2v) is 3.29. The van der Waals surface area contributed by atoms with Crippen LogP contribution in [-0.2, 0) is 9.53 Å². The van der Waals surface area contributed by atoms with E-state index in [9.17, 15) is 9.59 Å². The van der Waals surface area contributed by atoms with E-state index >= 15 is 0 Å². The van der Waals surface area contributed by atoms with Crippen molar-refractivity contribution in [3.63, 3.8) is 0 Å². The van der Waals surface area contributed by atoms with E-state index < -0.39 is 17.7 Å². The van der Waals surface area contributed by atoms with Crippen molar-refractivity contribution in [3.05, 3.63) is 12.3 Å². The van der Waals surface area contributed by atoms with E-state index in [1.54, 1.807) is 0 Å². The Bertz CT molecular complexity index is 290. The van der Waals surface area contributed by atoms with Gasteiger partial charge in [0.15, 0.2) is 0 Å². The number of urea groups is 1. The average molecular weight is 213 g/mol. The molecule has 1 unspecified atom stereocenters. The standard InChI is InChI=1S/C9H15N3O3/c1-2-3-6-15-7(13)9(10)4-5-11-8(14)12-9/h4-5H,2-3,6,10H2,1H3,(H2,11,12,14). The molecule has 6 nitrogen and oxygen atoms in total. The molecule has 1 rings (SSSR count). The summed E-state index contributed by atoms with van der Waals surface area (Å²) in [6.07, 6.45) is 4.37. The summed E-state index contributed by atoms with van der Waals surface area (Å²) in [5.41, 5.74) is 4.10. The van der Waals surface area contributed by atoms with Crippen LogP contribution in [0.2, 0.25) is 0 Å². The van der Waals surface area contributed by atoms with Crippen molar-refractivity contribution in [3.8, 4) is 0 Å². The molecule has 2 amide bonds. The number of nitrogens with two attached hydrogens (primary N) is 1. The minimum Gasteiger partial charge on any atom is -0.463 e. The summed E-state index contributed by atoms with van der Waals surface area (Å²) in [6, 6.07) is -0.521. The number of esters is 1. The number of hydrogen-bond acceptors (Lipinski definition) is 4. The predicted molar refractivity (Wildman–Crippen MR) is 53.6 cm³/mol. The molecular formula is C9H15N3O3. The number of nitrogens with one attached hydrogen (secondary N) is 2. The molecule has 4 N–H and O–H groups in total. The van der Waals surface area contributed by atoms with Crippen molar-refractivity contribution in [2.24, 2.45) is 5.73 Å². The first kappa shape index (κ1) is 11.5. The lowest BCUT2D eigenvalue weighted by atomic mass is 10.1. The minimum atomic E-state index is -1.55. The molecule has 1 heterocycles. The van der Waals surface area contributed by atoms with Crippen molar-refractivity contribution in [1.82, 2.24) is 10.6 Å². The molecule has 0 fully saturated rings. The Morgan fingerprint density at radius 1 is 1.67 bits per heavy atom. The normalized spacial score (nSPS) is 24.3. The number of rotatable bonds is 4. The summed E-state index contributed by atoms with van der Waals surface area (Å²) in [7, 11) is 0. The molecule has 1 aliphatic rings. The number of hydrogen-bond donors (Lipinski definition) is 3. The highest BCUT2D eigenvalue weighted by molar-refractivity contribution is 5.90. The van der Waals surface area contributed by atoms with Crippen LogP contribution in [0.25, 0.3) is 0 Å². The largest absolute Gasteiger partial charge is 0.463 e. The van der Waals surface area contributed by atoms with Crippen LogP contribution in [0.15, 0.2) is 12.3 Å². The molecule has 1 aliphatic heterocycles. The number of carbonyl (C=O) groups is 2. The van der Waals surface area contributed by atoms with Crippen molar-refractivity contribution < 1.29 is 14.3 Å². The van der Waals surface area contributed by atoms with Crippen LogP contribution >= 0.6 is 0 Å². The van der Waals surface area contributed by atoms with Crippen LogP contribution in [0.1, 0.15) is 19.8 Å². The predicted octanol–water partition coefficient (Wildman–Crippen LogP) is -0.189. The molecule has 0 aromatic heterocycles. The van der Waals surface area contributed by atoms with E-state index in [0.29, 0.717) is 6.61 Å². The molecule has 0 aromatic rings. The summed E-state index contributed by atoms with van der Waals surface area (Å²) in [6.45, 7) is 2.30. The molecule has 0 saturated heterocycles.